The minimum absolute atomic E-state index is 0.0113. The SMILES string of the molecule is COc1ccc(C2CCC(CN(C(=O)C3CCC(OC(=O)NCC(C)(C)C)CC3)c3cc(-c4cnc(C(C)C)s4)ccn3)CC2)cc1C. The number of methoxy groups -OCH3 is 1. The molecule has 0 radical (unpaired) electrons. The van der Waals surface area contributed by atoms with Gasteiger partial charge in [-0.3, -0.25) is 9.69 Å². The van der Waals surface area contributed by atoms with Crippen LogP contribution in [0, 0.1) is 24.2 Å². The van der Waals surface area contributed by atoms with E-state index in [1.807, 2.05) is 23.4 Å². The van der Waals surface area contributed by atoms with Crippen LogP contribution in [0.3, 0.4) is 0 Å². The van der Waals surface area contributed by atoms with Gasteiger partial charge in [-0.05, 0) is 110 Å². The Balaban J connectivity index is 1.28. The van der Waals surface area contributed by atoms with E-state index in [1.54, 1.807) is 18.4 Å². The largest absolute Gasteiger partial charge is 0.496 e. The van der Waals surface area contributed by atoms with E-state index in [-0.39, 0.29) is 29.4 Å². The molecule has 5 rings (SSSR count). The molecular weight excluding hydrogens is 621 g/mol. The third kappa shape index (κ3) is 9.36. The van der Waals surface area contributed by atoms with Crippen molar-refractivity contribution in [3.8, 4) is 16.2 Å². The second kappa shape index (κ2) is 15.8. The number of aromatic nitrogens is 2. The second-order valence-electron chi connectivity index (χ2n) is 15.3. The summed E-state index contributed by atoms with van der Waals surface area (Å²) in [6, 6.07) is 10.6. The van der Waals surface area contributed by atoms with Crippen molar-refractivity contribution in [2.75, 3.05) is 25.1 Å². The summed E-state index contributed by atoms with van der Waals surface area (Å²) in [6.07, 6.45) is 10.3. The number of anilines is 1. The number of hydrogen-bond donors (Lipinski definition) is 1. The van der Waals surface area contributed by atoms with Gasteiger partial charge in [-0.15, -0.1) is 11.3 Å². The number of amides is 2. The number of carbonyl (C=O) groups is 2. The highest BCUT2D eigenvalue weighted by Gasteiger charge is 2.34. The van der Waals surface area contributed by atoms with E-state index in [0.29, 0.717) is 62.3 Å². The molecular formula is C39H54N4O4S. The second-order valence-corrected chi connectivity index (χ2v) is 16.4. The molecule has 0 spiro atoms. The molecule has 0 atom stereocenters. The maximum absolute atomic E-state index is 14.4. The summed E-state index contributed by atoms with van der Waals surface area (Å²) < 4.78 is 11.2. The number of benzene rings is 1. The first-order valence-corrected chi connectivity index (χ1v) is 18.5. The molecule has 2 heterocycles. The normalized spacial score (nSPS) is 21.5. The zero-order chi connectivity index (χ0) is 34.4. The Bertz CT molecular complexity index is 1530. The minimum Gasteiger partial charge on any atom is -0.496 e. The first-order valence-electron chi connectivity index (χ1n) is 17.7. The summed E-state index contributed by atoms with van der Waals surface area (Å²) in [5.41, 5.74) is 3.58. The molecule has 2 aliphatic rings. The predicted octanol–water partition coefficient (Wildman–Crippen LogP) is 9.28. The molecule has 1 N–H and O–H groups in total. The molecule has 1 aromatic carbocycles. The average molecular weight is 675 g/mol. The highest BCUT2D eigenvalue weighted by atomic mass is 32.1. The Hall–Kier alpha value is -3.46. The Labute approximate surface area is 291 Å². The van der Waals surface area contributed by atoms with Gasteiger partial charge < -0.3 is 14.8 Å². The highest BCUT2D eigenvalue weighted by Crippen LogP contribution is 2.39. The van der Waals surface area contributed by atoms with Crippen LogP contribution < -0.4 is 15.0 Å². The standard InChI is InChI=1S/C39H54N4O4S/c1-25(2)36-41-22-34(48-36)31-18-19-40-35(21-31)43(23-27-8-10-28(11-9-27)30-14-17-33(46-7)26(3)20-30)37(44)29-12-15-32(16-13-29)47-38(45)42-24-39(4,5)6/h14,17-22,25,27-29,32H,8-13,15-16,23-24H2,1-7H3,(H,42,45). The van der Waals surface area contributed by atoms with Gasteiger partial charge in [-0.2, -0.15) is 0 Å². The van der Waals surface area contributed by atoms with Crippen molar-refractivity contribution in [1.82, 2.24) is 15.3 Å². The lowest BCUT2D eigenvalue weighted by Gasteiger charge is -2.35. The van der Waals surface area contributed by atoms with Crippen LogP contribution in [-0.2, 0) is 9.53 Å². The van der Waals surface area contributed by atoms with Crippen LogP contribution in [0.4, 0.5) is 10.6 Å². The maximum atomic E-state index is 14.4. The van der Waals surface area contributed by atoms with Gasteiger partial charge >= 0.3 is 6.09 Å². The summed E-state index contributed by atoms with van der Waals surface area (Å²) in [7, 11) is 1.72. The molecule has 2 amide bonds. The Kier molecular flexibility index (Phi) is 11.8. The molecule has 0 aliphatic heterocycles. The predicted molar refractivity (Wildman–Crippen MR) is 194 cm³/mol. The molecule has 2 aromatic heterocycles. The van der Waals surface area contributed by atoms with Crippen molar-refractivity contribution in [3.63, 3.8) is 0 Å². The highest BCUT2D eigenvalue weighted by molar-refractivity contribution is 7.15. The van der Waals surface area contributed by atoms with Crippen LogP contribution in [0.15, 0.2) is 42.7 Å². The first-order chi connectivity index (χ1) is 22.9. The summed E-state index contributed by atoms with van der Waals surface area (Å²) in [4.78, 5) is 39.3. The van der Waals surface area contributed by atoms with Crippen molar-refractivity contribution in [2.24, 2.45) is 17.3 Å². The van der Waals surface area contributed by atoms with Crippen molar-refractivity contribution in [1.29, 1.82) is 0 Å². The number of alkyl carbamates (subject to hydrolysis) is 1. The van der Waals surface area contributed by atoms with Gasteiger partial charge in [-0.25, -0.2) is 14.8 Å². The van der Waals surface area contributed by atoms with E-state index in [0.717, 1.165) is 46.9 Å². The molecule has 0 bridgehead atoms. The van der Waals surface area contributed by atoms with Gasteiger partial charge in [0.15, 0.2) is 0 Å². The van der Waals surface area contributed by atoms with E-state index < -0.39 is 0 Å². The average Bonchev–Trinajstić information content (AvgIpc) is 3.58. The van der Waals surface area contributed by atoms with Gasteiger partial charge in [0.2, 0.25) is 5.91 Å². The van der Waals surface area contributed by atoms with Gasteiger partial charge in [0.1, 0.15) is 17.7 Å². The molecule has 2 aliphatic carbocycles. The quantitative estimate of drug-likeness (QED) is 0.230. The fourth-order valence-corrected chi connectivity index (χ4v) is 7.89. The van der Waals surface area contributed by atoms with E-state index in [1.165, 1.54) is 11.1 Å². The number of nitrogens with one attached hydrogen (secondary N) is 1. The van der Waals surface area contributed by atoms with E-state index >= 15 is 0 Å². The lowest BCUT2D eigenvalue weighted by molar-refractivity contribution is -0.124. The van der Waals surface area contributed by atoms with Crippen molar-refractivity contribution >= 4 is 29.2 Å². The smallest absolute Gasteiger partial charge is 0.407 e. The van der Waals surface area contributed by atoms with Crippen molar-refractivity contribution in [3.05, 3.63) is 58.9 Å². The third-order valence-corrected chi connectivity index (χ3v) is 11.2. The Morgan fingerprint density at radius 3 is 2.35 bits per heavy atom. The molecule has 0 saturated heterocycles. The van der Waals surface area contributed by atoms with Crippen LogP contribution in [-0.4, -0.2) is 48.3 Å². The Morgan fingerprint density at radius 1 is 1.00 bits per heavy atom. The number of ether oxygens (including phenoxy) is 2. The molecule has 9 heteroatoms. The lowest BCUT2D eigenvalue weighted by Crippen LogP contribution is -2.43. The van der Waals surface area contributed by atoms with Crippen LogP contribution in [0.1, 0.15) is 114 Å². The number of pyridine rings is 1. The monoisotopic (exact) mass is 674 g/mol. The number of carbonyl (C=O) groups excluding carboxylic acids is 2. The first kappa shape index (κ1) is 35.8. The summed E-state index contributed by atoms with van der Waals surface area (Å²) in [5.74, 6) is 2.94. The number of aryl methyl sites for hydroxylation is 1. The van der Waals surface area contributed by atoms with E-state index in [2.05, 4.69) is 76.1 Å². The van der Waals surface area contributed by atoms with E-state index in [9.17, 15) is 9.59 Å². The fourth-order valence-electron chi connectivity index (χ4n) is 6.97. The van der Waals surface area contributed by atoms with Gasteiger partial charge in [-0.1, -0.05) is 46.8 Å². The molecule has 8 nitrogen and oxygen atoms in total. The zero-order valence-electron chi connectivity index (χ0n) is 29.9. The van der Waals surface area contributed by atoms with E-state index in [4.69, 9.17) is 14.5 Å². The molecule has 48 heavy (non-hydrogen) atoms. The lowest BCUT2D eigenvalue weighted by atomic mass is 9.78. The van der Waals surface area contributed by atoms with Crippen molar-refractivity contribution < 1.29 is 19.1 Å². The van der Waals surface area contributed by atoms with Crippen LogP contribution in [0.25, 0.3) is 10.4 Å². The van der Waals surface area contributed by atoms with Gasteiger partial charge in [0, 0.05) is 37.3 Å². The zero-order valence-corrected chi connectivity index (χ0v) is 30.7. The minimum atomic E-state index is -0.369. The topological polar surface area (TPSA) is 93.6 Å². The number of nitrogens with zero attached hydrogens (tertiary/aromatic N) is 3. The Morgan fingerprint density at radius 2 is 1.73 bits per heavy atom. The molecule has 3 aromatic rings. The van der Waals surface area contributed by atoms with Gasteiger partial charge in [0.25, 0.3) is 0 Å². The molecule has 0 unspecified atom stereocenters. The van der Waals surface area contributed by atoms with Crippen LogP contribution in [0.2, 0.25) is 0 Å². The fraction of sp³-hybridized carbons (Fsp3) is 0.590. The summed E-state index contributed by atoms with van der Waals surface area (Å²) in [6.45, 7) is 13.9. The number of hydrogen-bond acceptors (Lipinski definition) is 7. The summed E-state index contributed by atoms with van der Waals surface area (Å²) in [5, 5.41) is 3.99. The number of rotatable bonds is 10. The van der Waals surface area contributed by atoms with Crippen LogP contribution >= 0.6 is 11.3 Å². The molecule has 2 saturated carbocycles. The van der Waals surface area contributed by atoms with Crippen molar-refractivity contribution in [2.45, 2.75) is 111 Å². The number of thiazole rings is 1. The molecule has 2 fully saturated rings. The summed E-state index contributed by atoms with van der Waals surface area (Å²) >= 11 is 1.70. The maximum Gasteiger partial charge on any atom is 0.407 e. The third-order valence-electron chi connectivity index (χ3n) is 9.83. The van der Waals surface area contributed by atoms with Crippen LogP contribution in [0.5, 0.6) is 5.75 Å². The van der Waals surface area contributed by atoms with Gasteiger partial charge in [0.05, 0.1) is 17.0 Å². The molecule has 260 valence electrons.